The minimum atomic E-state index is -1.02. The first-order valence-electron chi connectivity index (χ1n) is 6.70. The van der Waals surface area contributed by atoms with E-state index in [0.29, 0.717) is 0 Å². The van der Waals surface area contributed by atoms with Gasteiger partial charge in [0.05, 0.1) is 25.7 Å². The van der Waals surface area contributed by atoms with Gasteiger partial charge in [0.1, 0.15) is 6.61 Å². The van der Waals surface area contributed by atoms with E-state index in [9.17, 15) is 9.59 Å². The molecule has 1 saturated heterocycles. The molecule has 0 amide bonds. The smallest absolute Gasteiger partial charge is 0.335 e. The first kappa shape index (κ1) is 15.5. The standard InChI is InChI=1S/C15H18O6/c1-19-15(18)13-12(7-11(8-16)21-13)14(17)20-9-10-5-3-2-4-6-10/h2-6,11-13,16H,7-9H2,1H3/t11?,12-,13-/m0/s1. The second-order valence-electron chi connectivity index (χ2n) is 4.82. The molecule has 1 aromatic carbocycles. The zero-order valence-electron chi connectivity index (χ0n) is 11.7. The van der Waals surface area contributed by atoms with Gasteiger partial charge in [0.25, 0.3) is 0 Å². The molecule has 1 N–H and O–H groups in total. The Morgan fingerprint density at radius 2 is 2.00 bits per heavy atom. The first-order valence-corrected chi connectivity index (χ1v) is 6.70. The van der Waals surface area contributed by atoms with Crippen LogP contribution in [0, 0.1) is 5.92 Å². The summed E-state index contributed by atoms with van der Waals surface area (Å²) < 4.78 is 15.2. The molecule has 114 valence electrons. The van der Waals surface area contributed by atoms with Crippen LogP contribution >= 0.6 is 0 Å². The molecule has 1 aliphatic rings. The highest BCUT2D eigenvalue weighted by Crippen LogP contribution is 2.28. The number of ether oxygens (including phenoxy) is 3. The zero-order chi connectivity index (χ0) is 15.2. The first-order chi connectivity index (χ1) is 10.2. The number of aliphatic hydroxyl groups excluding tert-OH is 1. The van der Waals surface area contributed by atoms with Gasteiger partial charge >= 0.3 is 11.9 Å². The average Bonchev–Trinajstić information content (AvgIpc) is 2.97. The van der Waals surface area contributed by atoms with Gasteiger partial charge in [-0.1, -0.05) is 30.3 Å². The van der Waals surface area contributed by atoms with Gasteiger partial charge in [-0.15, -0.1) is 0 Å². The highest BCUT2D eigenvalue weighted by molar-refractivity contribution is 5.84. The predicted molar refractivity (Wildman–Crippen MR) is 72.1 cm³/mol. The number of hydrogen-bond acceptors (Lipinski definition) is 6. The van der Waals surface area contributed by atoms with Crippen LogP contribution in [0.3, 0.4) is 0 Å². The fraction of sp³-hybridized carbons (Fsp3) is 0.467. The second kappa shape index (κ2) is 7.19. The maximum absolute atomic E-state index is 12.1. The lowest BCUT2D eigenvalue weighted by Gasteiger charge is -2.15. The summed E-state index contributed by atoms with van der Waals surface area (Å²) in [5.74, 6) is -1.91. The van der Waals surface area contributed by atoms with E-state index < -0.39 is 30.1 Å². The molecule has 1 heterocycles. The van der Waals surface area contributed by atoms with Crippen LogP contribution in [0.2, 0.25) is 0 Å². The van der Waals surface area contributed by atoms with Crippen molar-refractivity contribution in [2.24, 2.45) is 5.92 Å². The Labute approximate surface area is 122 Å². The lowest BCUT2D eigenvalue weighted by molar-refractivity contribution is -0.164. The van der Waals surface area contributed by atoms with Crippen molar-refractivity contribution in [1.82, 2.24) is 0 Å². The third kappa shape index (κ3) is 3.80. The Kier molecular flexibility index (Phi) is 5.30. The largest absolute Gasteiger partial charge is 0.467 e. The Hall–Kier alpha value is -1.92. The lowest BCUT2D eigenvalue weighted by Crippen LogP contribution is -2.33. The number of hydrogen-bond donors (Lipinski definition) is 1. The number of rotatable bonds is 5. The molecule has 0 spiro atoms. The molecule has 6 nitrogen and oxygen atoms in total. The highest BCUT2D eigenvalue weighted by Gasteiger charge is 2.45. The summed E-state index contributed by atoms with van der Waals surface area (Å²) in [6.45, 7) is -0.121. The molecule has 1 aliphatic heterocycles. The molecule has 0 bridgehead atoms. The Balaban J connectivity index is 1.97. The Morgan fingerprint density at radius 3 is 2.62 bits per heavy atom. The van der Waals surface area contributed by atoms with Crippen LogP contribution in [-0.4, -0.2) is 43.0 Å². The Morgan fingerprint density at radius 1 is 1.29 bits per heavy atom. The molecular formula is C15H18O6. The molecule has 3 atom stereocenters. The molecule has 1 unspecified atom stereocenters. The molecule has 2 rings (SSSR count). The minimum Gasteiger partial charge on any atom is -0.467 e. The van der Waals surface area contributed by atoms with Gasteiger partial charge in [-0.25, -0.2) is 4.79 Å². The van der Waals surface area contributed by atoms with Crippen LogP contribution in [0.15, 0.2) is 30.3 Å². The molecule has 0 aromatic heterocycles. The zero-order valence-corrected chi connectivity index (χ0v) is 11.7. The van der Waals surface area contributed by atoms with Crippen molar-refractivity contribution in [1.29, 1.82) is 0 Å². The van der Waals surface area contributed by atoms with Crippen LogP contribution in [0.4, 0.5) is 0 Å². The summed E-state index contributed by atoms with van der Waals surface area (Å²) in [5.41, 5.74) is 0.859. The SMILES string of the molecule is COC(=O)[C@H]1OC(CO)C[C@@H]1C(=O)OCc1ccccc1. The molecule has 1 aromatic rings. The van der Waals surface area contributed by atoms with Gasteiger partial charge in [-0.2, -0.15) is 0 Å². The molecule has 0 saturated carbocycles. The van der Waals surface area contributed by atoms with Crippen LogP contribution in [-0.2, 0) is 30.4 Å². The van der Waals surface area contributed by atoms with Gasteiger partial charge in [0.2, 0.25) is 0 Å². The van der Waals surface area contributed by atoms with Crippen molar-refractivity contribution in [3.63, 3.8) is 0 Å². The quantitative estimate of drug-likeness (QED) is 0.804. The van der Waals surface area contributed by atoms with Gasteiger partial charge in [-0.3, -0.25) is 4.79 Å². The van der Waals surface area contributed by atoms with Crippen LogP contribution in [0.25, 0.3) is 0 Å². The summed E-state index contributed by atoms with van der Waals surface area (Å²) in [7, 11) is 1.23. The van der Waals surface area contributed by atoms with Gasteiger partial charge in [0.15, 0.2) is 6.10 Å². The van der Waals surface area contributed by atoms with Crippen molar-refractivity contribution in [3.05, 3.63) is 35.9 Å². The van der Waals surface area contributed by atoms with Crippen molar-refractivity contribution in [2.75, 3.05) is 13.7 Å². The van der Waals surface area contributed by atoms with Crippen LogP contribution in [0.1, 0.15) is 12.0 Å². The molecule has 1 fully saturated rings. The summed E-state index contributed by atoms with van der Waals surface area (Å²) in [6, 6.07) is 9.25. The Bertz CT molecular complexity index is 486. The van der Waals surface area contributed by atoms with Crippen LogP contribution in [0.5, 0.6) is 0 Å². The topological polar surface area (TPSA) is 82.1 Å². The van der Waals surface area contributed by atoms with Gasteiger partial charge in [-0.05, 0) is 12.0 Å². The fourth-order valence-corrected chi connectivity index (χ4v) is 2.27. The van der Waals surface area contributed by atoms with E-state index in [0.717, 1.165) is 5.56 Å². The van der Waals surface area contributed by atoms with Crippen molar-refractivity contribution < 1.29 is 28.9 Å². The summed E-state index contributed by atoms with van der Waals surface area (Å²) >= 11 is 0. The van der Waals surface area contributed by atoms with E-state index in [1.807, 2.05) is 30.3 Å². The van der Waals surface area contributed by atoms with E-state index in [2.05, 4.69) is 4.74 Å². The normalized spacial score (nSPS) is 24.6. The van der Waals surface area contributed by atoms with Crippen molar-refractivity contribution >= 4 is 11.9 Å². The average molecular weight is 294 g/mol. The molecular weight excluding hydrogens is 276 g/mol. The number of aliphatic hydroxyl groups is 1. The molecule has 0 radical (unpaired) electrons. The van der Waals surface area contributed by atoms with Crippen molar-refractivity contribution in [2.45, 2.75) is 25.2 Å². The fourth-order valence-electron chi connectivity index (χ4n) is 2.27. The second-order valence-corrected chi connectivity index (χ2v) is 4.82. The maximum Gasteiger partial charge on any atom is 0.335 e. The van der Waals surface area contributed by atoms with Crippen molar-refractivity contribution in [3.8, 4) is 0 Å². The van der Waals surface area contributed by atoms with E-state index in [1.54, 1.807) is 0 Å². The highest BCUT2D eigenvalue weighted by atomic mass is 16.6. The number of benzene rings is 1. The third-order valence-corrected chi connectivity index (χ3v) is 3.39. The number of esters is 2. The minimum absolute atomic E-state index is 0.133. The monoisotopic (exact) mass is 294 g/mol. The molecule has 6 heteroatoms. The van der Waals surface area contributed by atoms with E-state index in [4.69, 9.17) is 14.6 Å². The lowest BCUT2D eigenvalue weighted by atomic mass is 9.99. The number of methoxy groups -OCH3 is 1. The van der Waals surface area contributed by atoms with Crippen LogP contribution < -0.4 is 0 Å². The number of carbonyl (C=O) groups excluding carboxylic acids is 2. The summed E-state index contributed by atoms with van der Waals surface area (Å²) in [6.07, 6.45) is -1.33. The third-order valence-electron chi connectivity index (χ3n) is 3.39. The van der Waals surface area contributed by atoms with E-state index in [1.165, 1.54) is 7.11 Å². The molecule has 0 aliphatic carbocycles. The van der Waals surface area contributed by atoms with E-state index in [-0.39, 0.29) is 19.6 Å². The van der Waals surface area contributed by atoms with Gasteiger partial charge < -0.3 is 19.3 Å². The molecule has 21 heavy (non-hydrogen) atoms. The van der Waals surface area contributed by atoms with E-state index >= 15 is 0 Å². The number of carbonyl (C=O) groups is 2. The van der Waals surface area contributed by atoms with Gasteiger partial charge in [0, 0.05) is 0 Å². The summed E-state index contributed by atoms with van der Waals surface area (Å²) in [5, 5.41) is 9.12. The summed E-state index contributed by atoms with van der Waals surface area (Å²) in [4.78, 5) is 23.7. The predicted octanol–water partition coefficient (Wildman–Crippen LogP) is 0.669. The maximum atomic E-state index is 12.1.